The van der Waals surface area contributed by atoms with Crippen molar-refractivity contribution < 1.29 is 9.53 Å². The number of hydrogen-bond donors (Lipinski definition) is 1. The molecule has 0 aromatic rings. The van der Waals surface area contributed by atoms with E-state index in [2.05, 4.69) is 17.0 Å². The van der Waals surface area contributed by atoms with Gasteiger partial charge in [-0.25, -0.2) is 0 Å². The van der Waals surface area contributed by atoms with Gasteiger partial charge in [0.05, 0.1) is 7.11 Å². The number of hydrogen-bond acceptors (Lipinski definition) is 3. The SMILES string of the molecule is COC(=O)CCCNCC1(C)CCCCC1. The second kappa shape index (κ2) is 6.89. The summed E-state index contributed by atoms with van der Waals surface area (Å²) in [5, 5.41) is 3.47. The lowest BCUT2D eigenvalue weighted by molar-refractivity contribution is -0.140. The molecule has 1 rings (SSSR count). The Balaban J connectivity index is 2.03. The molecule has 0 aliphatic heterocycles. The molecule has 3 heteroatoms. The van der Waals surface area contributed by atoms with Crippen molar-refractivity contribution in [1.29, 1.82) is 0 Å². The fourth-order valence-electron chi connectivity index (χ4n) is 2.43. The predicted molar refractivity (Wildman–Crippen MR) is 65.3 cm³/mol. The largest absolute Gasteiger partial charge is 0.469 e. The third-order valence-electron chi connectivity index (χ3n) is 3.57. The first-order chi connectivity index (χ1) is 7.66. The molecule has 0 radical (unpaired) electrons. The third kappa shape index (κ3) is 4.97. The van der Waals surface area contributed by atoms with E-state index in [4.69, 9.17) is 0 Å². The van der Waals surface area contributed by atoms with E-state index >= 15 is 0 Å². The second-order valence-electron chi connectivity index (χ2n) is 5.23. The van der Waals surface area contributed by atoms with Gasteiger partial charge in [0.2, 0.25) is 0 Å². The predicted octanol–water partition coefficient (Wildman–Crippen LogP) is 2.50. The van der Waals surface area contributed by atoms with Crippen molar-refractivity contribution in [1.82, 2.24) is 5.32 Å². The minimum Gasteiger partial charge on any atom is -0.469 e. The Bertz CT molecular complexity index is 210. The van der Waals surface area contributed by atoms with Gasteiger partial charge in [-0.15, -0.1) is 0 Å². The van der Waals surface area contributed by atoms with E-state index in [1.807, 2.05) is 0 Å². The Morgan fingerprint density at radius 3 is 2.62 bits per heavy atom. The lowest BCUT2D eigenvalue weighted by atomic mass is 9.76. The molecule has 0 aromatic carbocycles. The van der Waals surface area contributed by atoms with Crippen molar-refractivity contribution in [3.8, 4) is 0 Å². The van der Waals surface area contributed by atoms with E-state index < -0.39 is 0 Å². The van der Waals surface area contributed by atoms with Crippen molar-refractivity contribution in [2.75, 3.05) is 20.2 Å². The Morgan fingerprint density at radius 1 is 1.31 bits per heavy atom. The van der Waals surface area contributed by atoms with Crippen LogP contribution in [0.2, 0.25) is 0 Å². The number of carbonyl (C=O) groups excluding carboxylic acids is 1. The first kappa shape index (κ1) is 13.5. The summed E-state index contributed by atoms with van der Waals surface area (Å²) in [6.45, 7) is 4.39. The number of nitrogens with one attached hydrogen (secondary N) is 1. The van der Waals surface area contributed by atoms with Gasteiger partial charge in [0.1, 0.15) is 0 Å². The Labute approximate surface area is 98.9 Å². The van der Waals surface area contributed by atoms with Gasteiger partial charge in [-0.3, -0.25) is 4.79 Å². The molecule has 0 unspecified atom stereocenters. The summed E-state index contributed by atoms with van der Waals surface area (Å²) in [5.41, 5.74) is 0.490. The normalized spacial score (nSPS) is 19.4. The van der Waals surface area contributed by atoms with Crippen LogP contribution in [-0.4, -0.2) is 26.2 Å². The molecule has 1 saturated carbocycles. The van der Waals surface area contributed by atoms with Gasteiger partial charge >= 0.3 is 5.97 Å². The molecule has 16 heavy (non-hydrogen) atoms. The quantitative estimate of drug-likeness (QED) is 0.559. The standard InChI is InChI=1S/C13H25NO2/c1-13(8-4-3-5-9-13)11-14-10-6-7-12(15)16-2/h14H,3-11H2,1-2H3. The van der Waals surface area contributed by atoms with Gasteiger partial charge in [0.25, 0.3) is 0 Å². The minimum absolute atomic E-state index is 0.106. The van der Waals surface area contributed by atoms with Gasteiger partial charge in [-0.05, 0) is 31.2 Å². The molecule has 94 valence electrons. The van der Waals surface area contributed by atoms with Gasteiger partial charge in [0, 0.05) is 13.0 Å². The van der Waals surface area contributed by atoms with Crippen LogP contribution in [0.4, 0.5) is 0 Å². The summed E-state index contributed by atoms with van der Waals surface area (Å²) in [7, 11) is 1.44. The lowest BCUT2D eigenvalue weighted by Crippen LogP contribution is -2.34. The van der Waals surface area contributed by atoms with E-state index in [1.165, 1.54) is 39.2 Å². The number of ether oxygens (including phenoxy) is 1. The molecule has 1 aliphatic carbocycles. The van der Waals surface area contributed by atoms with E-state index in [-0.39, 0.29) is 5.97 Å². The highest BCUT2D eigenvalue weighted by atomic mass is 16.5. The van der Waals surface area contributed by atoms with E-state index in [9.17, 15) is 4.79 Å². The fraction of sp³-hybridized carbons (Fsp3) is 0.923. The Morgan fingerprint density at radius 2 is 2.00 bits per heavy atom. The average Bonchev–Trinajstić information content (AvgIpc) is 2.29. The summed E-state index contributed by atoms with van der Waals surface area (Å²) >= 11 is 0. The van der Waals surface area contributed by atoms with E-state index in [0.717, 1.165) is 19.5 Å². The maximum Gasteiger partial charge on any atom is 0.305 e. The lowest BCUT2D eigenvalue weighted by Gasteiger charge is -2.33. The van der Waals surface area contributed by atoms with Gasteiger partial charge < -0.3 is 10.1 Å². The van der Waals surface area contributed by atoms with Crippen LogP contribution in [0.3, 0.4) is 0 Å². The average molecular weight is 227 g/mol. The summed E-state index contributed by atoms with van der Waals surface area (Å²) in [6, 6.07) is 0. The first-order valence-electron chi connectivity index (χ1n) is 6.44. The number of rotatable bonds is 6. The van der Waals surface area contributed by atoms with Crippen LogP contribution >= 0.6 is 0 Å². The summed E-state index contributed by atoms with van der Waals surface area (Å²) < 4.78 is 4.60. The zero-order valence-electron chi connectivity index (χ0n) is 10.7. The smallest absolute Gasteiger partial charge is 0.305 e. The second-order valence-corrected chi connectivity index (χ2v) is 5.23. The molecule has 0 atom stereocenters. The van der Waals surface area contributed by atoms with Crippen molar-refractivity contribution in [3.63, 3.8) is 0 Å². The topological polar surface area (TPSA) is 38.3 Å². The fourth-order valence-corrected chi connectivity index (χ4v) is 2.43. The van der Waals surface area contributed by atoms with Crippen molar-refractivity contribution in [2.24, 2.45) is 5.41 Å². The van der Waals surface area contributed by atoms with Gasteiger partial charge in [0.15, 0.2) is 0 Å². The highest BCUT2D eigenvalue weighted by Crippen LogP contribution is 2.34. The van der Waals surface area contributed by atoms with Gasteiger partial charge in [-0.2, -0.15) is 0 Å². The highest BCUT2D eigenvalue weighted by molar-refractivity contribution is 5.69. The Kier molecular flexibility index (Phi) is 5.81. The highest BCUT2D eigenvalue weighted by Gasteiger charge is 2.25. The van der Waals surface area contributed by atoms with Gasteiger partial charge in [-0.1, -0.05) is 26.2 Å². The minimum atomic E-state index is -0.106. The van der Waals surface area contributed by atoms with Crippen LogP contribution in [-0.2, 0) is 9.53 Å². The molecule has 0 amide bonds. The van der Waals surface area contributed by atoms with Crippen LogP contribution in [0.25, 0.3) is 0 Å². The molecule has 1 aliphatic rings. The molecule has 0 aromatic heterocycles. The molecule has 0 bridgehead atoms. The zero-order chi connectivity index (χ0) is 11.9. The van der Waals surface area contributed by atoms with Crippen LogP contribution < -0.4 is 5.32 Å². The molecular weight excluding hydrogens is 202 g/mol. The first-order valence-corrected chi connectivity index (χ1v) is 6.44. The number of esters is 1. The molecule has 1 N–H and O–H groups in total. The van der Waals surface area contributed by atoms with Crippen LogP contribution in [0.15, 0.2) is 0 Å². The van der Waals surface area contributed by atoms with Crippen LogP contribution in [0.5, 0.6) is 0 Å². The van der Waals surface area contributed by atoms with Crippen LogP contribution in [0.1, 0.15) is 51.9 Å². The summed E-state index contributed by atoms with van der Waals surface area (Å²) in [6.07, 6.45) is 8.25. The van der Waals surface area contributed by atoms with E-state index in [1.54, 1.807) is 0 Å². The zero-order valence-corrected chi connectivity index (χ0v) is 10.7. The monoisotopic (exact) mass is 227 g/mol. The third-order valence-corrected chi connectivity index (χ3v) is 3.57. The molecule has 0 saturated heterocycles. The Hall–Kier alpha value is -0.570. The van der Waals surface area contributed by atoms with Crippen molar-refractivity contribution in [2.45, 2.75) is 51.9 Å². The summed E-state index contributed by atoms with van der Waals surface area (Å²) in [5.74, 6) is -0.106. The summed E-state index contributed by atoms with van der Waals surface area (Å²) in [4.78, 5) is 10.9. The maximum atomic E-state index is 10.9. The molecule has 0 heterocycles. The molecule has 3 nitrogen and oxygen atoms in total. The van der Waals surface area contributed by atoms with Crippen LogP contribution in [0, 0.1) is 5.41 Å². The van der Waals surface area contributed by atoms with E-state index in [0.29, 0.717) is 11.8 Å². The number of carbonyl (C=O) groups is 1. The number of methoxy groups -OCH3 is 1. The van der Waals surface area contributed by atoms with Crippen molar-refractivity contribution in [3.05, 3.63) is 0 Å². The molecular formula is C13H25NO2. The molecule has 1 fully saturated rings. The van der Waals surface area contributed by atoms with Crippen molar-refractivity contribution >= 4 is 5.97 Å². The molecule has 0 spiro atoms. The maximum absolute atomic E-state index is 10.9.